The van der Waals surface area contributed by atoms with Crippen LogP contribution in [0.3, 0.4) is 0 Å². The lowest BCUT2D eigenvalue weighted by Crippen LogP contribution is -2.30. The van der Waals surface area contributed by atoms with Gasteiger partial charge in [0.2, 0.25) is 0 Å². The van der Waals surface area contributed by atoms with Crippen LogP contribution in [0.25, 0.3) is 0 Å². The van der Waals surface area contributed by atoms with Gasteiger partial charge in [0, 0.05) is 24.5 Å². The first-order chi connectivity index (χ1) is 13.1. The maximum absolute atomic E-state index is 13.2. The van der Waals surface area contributed by atoms with Crippen LogP contribution in [0.15, 0.2) is 59.5 Å². The van der Waals surface area contributed by atoms with Crippen LogP contribution in [0.5, 0.6) is 11.5 Å². The normalized spacial score (nSPS) is 10.5. The second-order valence-electron chi connectivity index (χ2n) is 5.80. The van der Waals surface area contributed by atoms with Crippen LogP contribution in [0.1, 0.15) is 21.7 Å². The molecule has 0 atom stereocenters. The van der Waals surface area contributed by atoms with Crippen molar-refractivity contribution in [1.82, 2.24) is 9.88 Å². The second-order valence-corrected chi connectivity index (χ2v) is 6.20. The van der Waals surface area contributed by atoms with E-state index in [1.165, 1.54) is 14.2 Å². The van der Waals surface area contributed by atoms with Crippen LogP contribution in [-0.2, 0) is 13.1 Å². The fourth-order valence-electron chi connectivity index (χ4n) is 2.73. The Morgan fingerprint density at radius 3 is 2.67 bits per heavy atom. The molecule has 0 radical (unpaired) electrons. The quantitative estimate of drug-likeness (QED) is 0.609. The number of rotatable bonds is 7. The van der Waals surface area contributed by atoms with Crippen molar-refractivity contribution >= 4 is 17.5 Å². The van der Waals surface area contributed by atoms with Crippen LogP contribution in [0.2, 0.25) is 5.02 Å². The SMILES string of the molecule is COc1cc(C(=O)N(Cc2cccnc2)Cc2ccco2)cc(Cl)c1OC. The summed E-state index contributed by atoms with van der Waals surface area (Å²) in [4.78, 5) is 19.0. The number of amides is 1. The van der Waals surface area contributed by atoms with Crippen LogP contribution >= 0.6 is 11.6 Å². The van der Waals surface area contributed by atoms with E-state index in [0.717, 1.165) is 5.56 Å². The third-order valence-electron chi connectivity index (χ3n) is 3.99. The summed E-state index contributed by atoms with van der Waals surface area (Å²) in [5, 5.41) is 0.305. The Balaban J connectivity index is 1.93. The molecule has 3 aromatic rings. The van der Waals surface area contributed by atoms with Crippen molar-refractivity contribution in [1.29, 1.82) is 0 Å². The Bertz CT molecular complexity index is 898. The van der Waals surface area contributed by atoms with E-state index in [2.05, 4.69) is 4.98 Å². The van der Waals surface area contributed by atoms with Gasteiger partial charge in [0.15, 0.2) is 11.5 Å². The van der Waals surface area contributed by atoms with Gasteiger partial charge in [-0.05, 0) is 35.9 Å². The van der Waals surface area contributed by atoms with Crippen molar-refractivity contribution in [2.45, 2.75) is 13.1 Å². The van der Waals surface area contributed by atoms with Gasteiger partial charge in [-0.15, -0.1) is 0 Å². The molecule has 0 bridgehead atoms. The zero-order chi connectivity index (χ0) is 19.2. The van der Waals surface area contributed by atoms with E-state index in [9.17, 15) is 4.79 Å². The van der Waals surface area contributed by atoms with Gasteiger partial charge in [0.1, 0.15) is 5.76 Å². The number of carbonyl (C=O) groups is 1. The molecule has 0 spiro atoms. The molecule has 0 aliphatic carbocycles. The molecule has 2 aromatic heterocycles. The van der Waals surface area contributed by atoms with Gasteiger partial charge in [-0.1, -0.05) is 17.7 Å². The smallest absolute Gasteiger partial charge is 0.254 e. The number of hydrogen-bond donors (Lipinski definition) is 0. The van der Waals surface area contributed by atoms with Crippen LogP contribution < -0.4 is 9.47 Å². The van der Waals surface area contributed by atoms with E-state index in [0.29, 0.717) is 40.9 Å². The van der Waals surface area contributed by atoms with E-state index < -0.39 is 0 Å². The summed E-state index contributed by atoms with van der Waals surface area (Å²) in [6.45, 7) is 0.687. The van der Waals surface area contributed by atoms with E-state index in [-0.39, 0.29) is 5.91 Å². The van der Waals surface area contributed by atoms with Crippen LogP contribution in [-0.4, -0.2) is 30.0 Å². The maximum Gasteiger partial charge on any atom is 0.254 e. The molecule has 6 nitrogen and oxygen atoms in total. The molecule has 0 N–H and O–H groups in total. The molecule has 2 heterocycles. The number of carbonyl (C=O) groups excluding carboxylic acids is 1. The van der Waals surface area contributed by atoms with E-state index in [1.807, 2.05) is 18.2 Å². The summed E-state index contributed by atoms with van der Waals surface area (Å²) in [6.07, 6.45) is 5.00. The number of pyridine rings is 1. The van der Waals surface area contributed by atoms with Crippen molar-refractivity contribution < 1.29 is 18.7 Å². The highest BCUT2D eigenvalue weighted by Gasteiger charge is 2.21. The number of benzene rings is 1. The first-order valence-corrected chi connectivity index (χ1v) is 8.62. The average molecular weight is 387 g/mol. The molecule has 27 heavy (non-hydrogen) atoms. The van der Waals surface area contributed by atoms with Gasteiger partial charge in [0.25, 0.3) is 5.91 Å². The Morgan fingerprint density at radius 1 is 1.19 bits per heavy atom. The fraction of sp³-hybridized carbons (Fsp3) is 0.200. The minimum absolute atomic E-state index is 0.210. The average Bonchev–Trinajstić information content (AvgIpc) is 3.20. The Kier molecular flexibility index (Phi) is 5.98. The van der Waals surface area contributed by atoms with E-state index in [1.54, 1.807) is 41.8 Å². The number of halogens is 1. The zero-order valence-corrected chi connectivity index (χ0v) is 15.8. The zero-order valence-electron chi connectivity index (χ0n) is 15.0. The lowest BCUT2D eigenvalue weighted by Gasteiger charge is -2.22. The van der Waals surface area contributed by atoms with Crippen molar-refractivity contribution in [2.75, 3.05) is 14.2 Å². The summed E-state index contributed by atoms with van der Waals surface area (Å²) in [5.74, 6) is 1.25. The molecular formula is C20H19ClN2O4. The lowest BCUT2D eigenvalue weighted by molar-refractivity contribution is 0.0717. The highest BCUT2D eigenvalue weighted by atomic mass is 35.5. The topological polar surface area (TPSA) is 64.8 Å². The Labute approximate surface area is 162 Å². The number of methoxy groups -OCH3 is 2. The van der Waals surface area contributed by atoms with Crippen molar-refractivity contribution in [3.8, 4) is 11.5 Å². The molecule has 140 valence electrons. The summed E-state index contributed by atoms with van der Waals surface area (Å²) in [6, 6.07) is 10.5. The molecular weight excluding hydrogens is 368 g/mol. The van der Waals surface area contributed by atoms with Gasteiger partial charge in [-0.3, -0.25) is 9.78 Å². The van der Waals surface area contributed by atoms with Gasteiger partial charge in [-0.25, -0.2) is 0 Å². The summed E-state index contributed by atoms with van der Waals surface area (Å²) in [7, 11) is 3.00. The van der Waals surface area contributed by atoms with Crippen molar-refractivity contribution in [2.24, 2.45) is 0 Å². The van der Waals surface area contributed by atoms with Gasteiger partial charge in [0.05, 0.1) is 32.1 Å². The number of hydrogen-bond acceptors (Lipinski definition) is 5. The van der Waals surface area contributed by atoms with Crippen molar-refractivity contribution in [3.63, 3.8) is 0 Å². The lowest BCUT2D eigenvalue weighted by atomic mass is 10.1. The van der Waals surface area contributed by atoms with Crippen molar-refractivity contribution in [3.05, 3.63) is 77.0 Å². The minimum atomic E-state index is -0.210. The molecule has 7 heteroatoms. The molecule has 0 aliphatic heterocycles. The molecule has 0 saturated heterocycles. The first-order valence-electron chi connectivity index (χ1n) is 8.24. The first kappa shape index (κ1) is 18.8. The summed E-state index contributed by atoms with van der Waals surface area (Å²) < 4.78 is 16.0. The number of nitrogens with zero attached hydrogens (tertiary/aromatic N) is 2. The second kappa shape index (κ2) is 8.60. The van der Waals surface area contributed by atoms with E-state index >= 15 is 0 Å². The van der Waals surface area contributed by atoms with Crippen LogP contribution in [0.4, 0.5) is 0 Å². The number of furan rings is 1. The third-order valence-corrected chi connectivity index (χ3v) is 4.27. The minimum Gasteiger partial charge on any atom is -0.493 e. The molecule has 0 unspecified atom stereocenters. The maximum atomic E-state index is 13.2. The van der Waals surface area contributed by atoms with E-state index in [4.69, 9.17) is 25.5 Å². The van der Waals surface area contributed by atoms with Gasteiger partial charge < -0.3 is 18.8 Å². The summed E-state index contributed by atoms with van der Waals surface area (Å²) in [5.41, 5.74) is 1.30. The largest absolute Gasteiger partial charge is 0.493 e. The standard InChI is InChI=1S/C20H19ClN2O4/c1-25-18-10-15(9-17(21)19(18)26-2)20(24)23(13-16-6-4-8-27-16)12-14-5-3-7-22-11-14/h3-11H,12-13H2,1-2H3. The molecule has 1 amide bonds. The molecule has 1 aromatic carbocycles. The Hall–Kier alpha value is -2.99. The number of ether oxygens (including phenoxy) is 2. The highest BCUT2D eigenvalue weighted by Crippen LogP contribution is 2.36. The third kappa shape index (κ3) is 4.41. The predicted molar refractivity (Wildman–Crippen MR) is 101 cm³/mol. The van der Waals surface area contributed by atoms with Gasteiger partial charge in [-0.2, -0.15) is 0 Å². The molecule has 0 aliphatic rings. The summed E-state index contributed by atoms with van der Waals surface area (Å²) >= 11 is 6.26. The van der Waals surface area contributed by atoms with Gasteiger partial charge >= 0.3 is 0 Å². The molecule has 0 saturated carbocycles. The van der Waals surface area contributed by atoms with Crippen LogP contribution in [0, 0.1) is 0 Å². The molecule has 3 rings (SSSR count). The highest BCUT2D eigenvalue weighted by molar-refractivity contribution is 6.32. The molecule has 0 fully saturated rings. The number of aromatic nitrogens is 1. The fourth-order valence-corrected chi connectivity index (χ4v) is 3.01. The monoisotopic (exact) mass is 386 g/mol. The predicted octanol–water partition coefficient (Wildman–Crippen LogP) is 4.19. The Morgan fingerprint density at radius 2 is 2.04 bits per heavy atom.